The molecule has 0 heterocycles. The highest BCUT2D eigenvalue weighted by Gasteiger charge is 1.96. The number of benzene rings is 1. The molecule has 0 aliphatic rings. The largest absolute Gasteiger partial charge is 0.508 e. The molecule has 1 rings (SSSR count). The summed E-state index contributed by atoms with van der Waals surface area (Å²) in [5.74, 6) is 0.797. The molecule has 0 atom stereocenters. The van der Waals surface area contributed by atoms with Crippen molar-refractivity contribution < 1.29 is 19.4 Å². The van der Waals surface area contributed by atoms with Crippen molar-refractivity contribution in [2.75, 3.05) is 13.2 Å². The Labute approximate surface area is 108 Å². The number of phenols is 1. The summed E-state index contributed by atoms with van der Waals surface area (Å²) >= 11 is 0. The molecule has 0 amide bonds. The third-order valence-corrected chi connectivity index (χ3v) is 2.45. The Kier molecular flexibility index (Phi) is 6.69. The van der Waals surface area contributed by atoms with Gasteiger partial charge in [0.15, 0.2) is 0 Å². The van der Waals surface area contributed by atoms with Gasteiger partial charge in [0.1, 0.15) is 11.5 Å². The molecule has 0 saturated carbocycles. The monoisotopic (exact) mass is 252 g/mol. The van der Waals surface area contributed by atoms with Crippen LogP contribution in [0.4, 0.5) is 0 Å². The highest BCUT2D eigenvalue weighted by Crippen LogP contribution is 2.16. The molecule has 0 fully saturated rings. The second-order valence-electron chi connectivity index (χ2n) is 4.10. The first-order chi connectivity index (χ1) is 8.68. The molecule has 0 unspecified atom stereocenters. The van der Waals surface area contributed by atoms with Gasteiger partial charge in [-0.15, -0.1) is 0 Å². The van der Waals surface area contributed by atoms with Gasteiger partial charge in [0.05, 0.1) is 13.2 Å². The molecule has 4 nitrogen and oxygen atoms in total. The quantitative estimate of drug-likeness (QED) is 0.571. The van der Waals surface area contributed by atoms with Crippen molar-refractivity contribution in [3.8, 4) is 11.5 Å². The zero-order valence-corrected chi connectivity index (χ0v) is 10.7. The molecule has 0 radical (unpaired) electrons. The van der Waals surface area contributed by atoms with Gasteiger partial charge in [-0.05, 0) is 49.9 Å². The van der Waals surface area contributed by atoms with E-state index in [0.29, 0.717) is 13.2 Å². The fourth-order valence-corrected chi connectivity index (χ4v) is 1.51. The zero-order valence-electron chi connectivity index (χ0n) is 10.7. The minimum Gasteiger partial charge on any atom is -0.508 e. The number of carbonyl (C=O) groups is 1. The maximum Gasteiger partial charge on any atom is 0.302 e. The molecular formula is C14H20O4. The van der Waals surface area contributed by atoms with E-state index < -0.39 is 0 Å². The predicted octanol–water partition coefficient (Wildman–Crippen LogP) is 2.89. The van der Waals surface area contributed by atoms with Gasteiger partial charge in [0.2, 0.25) is 0 Å². The van der Waals surface area contributed by atoms with Gasteiger partial charge in [-0.25, -0.2) is 0 Å². The van der Waals surface area contributed by atoms with Crippen LogP contribution in [-0.4, -0.2) is 24.3 Å². The first kappa shape index (κ1) is 14.4. The van der Waals surface area contributed by atoms with E-state index in [-0.39, 0.29) is 11.7 Å². The number of esters is 1. The van der Waals surface area contributed by atoms with Crippen LogP contribution in [0.1, 0.15) is 32.6 Å². The highest BCUT2D eigenvalue weighted by atomic mass is 16.5. The van der Waals surface area contributed by atoms with Crippen molar-refractivity contribution in [3.63, 3.8) is 0 Å². The number of ether oxygens (including phenoxy) is 2. The van der Waals surface area contributed by atoms with E-state index in [1.54, 1.807) is 24.3 Å². The first-order valence-corrected chi connectivity index (χ1v) is 6.23. The number of hydrogen-bond acceptors (Lipinski definition) is 4. The van der Waals surface area contributed by atoms with Crippen LogP contribution in [0.2, 0.25) is 0 Å². The lowest BCUT2D eigenvalue weighted by atomic mass is 10.2. The van der Waals surface area contributed by atoms with E-state index in [1.807, 2.05) is 0 Å². The van der Waals surface area contributed by atoms with Crippen LogP contribution in [0, 0.1) is 0 Å². The Bertz CT molecular complexity index is 345. The molecule has 1 N–H and O–H groups in total. The summed E-state index contributed by atoms with van der Waals surface area (Å²) in [5, 5.41) is 9.10. The summed E-state index contributed by atoms with van der Waals surface area (Å²) in [7, 11) is 0. The molecule has 0 aromatic heterocycles. The Morgan fingerprint density at radius 1 is 1.06 bits per heavy atom. The maximum atomic E-state index is 10.5. The lowest BCUT2D eigenvalue weighted by Crippen LogP contribution is -2.01. The van der Waals surface area contributed by atoms with Crippen LogP contribution in [-0.2, 0) is 9.53 Å². The predicted molar refractivity (Wildman–Crippen MR) is 68.7 cm³/mol. The van der Waals surface area contributed by atoms with Crippen molar-refractivity contribution in [3.05, 3.63) is 24.3 Å². The second kappa shape index (κ2) is 8.39. The van der Waals surface area contributed by atoms with Crippen molar-refractivity contribution in [2.45, 2.75) is 32.6 Å². The van der Waals surface area contributed by atoms with Crippen LogP contribution < -0.4 is 4.74 Å². The van der Waals surface area contributed by atoms with E-state index in [0.717, 1.165) is 31.4 Å². The molecular weight excluding hydrogens is 232 g/mol. The van der Waals surface area contributed by atoms with Gasteiger partial charge in [-0.3, -0.25) is 4.79 Å². The normalized spacial score (nSPS) is 10.1. The Morgan fingerprint density at radius 2 is 1.67 bits per heavy atom. The molecule has 0 bridgehead atoms. The summed E-state index contributed by atoms with van der Waals surface area (Å²) < 4.78 is 10.3. The smallest absolute Gasteiger partial charge is 0.302 e. The average Bonchev–Trinajstić information content (AvgIpc) is 2.34. The summed E-state index contributed by atoms with van der Waals surface area (Å²) in [6.45, 7) is 2.60. The van der Waals surface area contributed by atoms with E-state index >= 15 is 0 Å². The summed E-state index contributed by atoms with van der Waals surface area (Å²) in [4.78, 5) is 10.5. The minimum atomic E-state index is -0.217. The molecule has 0 spiro atoms. The molecule has 4 heteroatoms. The summed E-state index contributed by atoms with van der Waals surface area (Å²) in [6, 6.07) is 6.70. The molecule has 0 saturated heterocycles. The van der Waals surface area contributed by atoms with E-state index in [1.165, 1.54) is 6.92 Å². The van der Waals surface area contributed by atoms with Crippen LogP contribution in [0.5, 0.6) is 11.5 Å². The fraction of sp³-hybridized carbons (Fsp3) is 0.500. The minimum absolute atomic E-state index is 0.217. The van der Waals surface area contributed by atoms with Gasteiger partial charge in [-0.1, -0.05) is 0 Å². The number of rotatable bonds is 8. The molecule has 0 aliphatic heterocycles. The zero-order chi connectivity index (χ0) is 13.2. The molecule has 1 aromatic carbocycles. The van der Waals surface area contributed by atoms with Crippen molar-refractivity contribution >= 4 is 5.97 Å². The number of hydrogen-bond donors (Lipinski definition) is 1. The Hall–Kier alpha value is -1.71. The number of carbonyl (C=O) groups excluding carboxylic acids is 1. The summed E-state index contributed by atoms with van der Waals surface area (Å²) in [5.41, 5.74) is 0. The second-order valence-corrected chi connectivity index (χ2v) is 4.10. The average molecular weight is 252 g/mol. The van der Waals surface area contributed by atoms with Crippen molar-refractivity contribution in [1.29, 1.82) is 0 Å². The number of unbranched alkanes of at least 4 members (excludes halogenated alkanes) is 3. The third kappa shape index (κ3) is 6.78. The van der Waals surface area contributed by atoms with E-state index in [4.69, 9.17) is 14.6 Å². The fourth-order valence-electron chi connectivity index (χ4n) is 1.51. The summed E-state index contributed by atoms with van der Waals surface area (Å²) in [6.07, 6.45) is 3.96. The van der Waals surface area contributed by atoms with E-state index in [2.05, 4.69) is 0 Å². The van der Waals surface area contributed by atoms with Crippen LogP contribution in [0.15, 0.2) is 24.3 Å². The van der Waals surface area contributed by atoms with Gasteiger partial charge in [0.25, 0.3) is 0 Å². The lowest BCUT2D eigenvalue weighted by Gasteiger charge is -2.06. The van der Waals surface area contributed by atoms with Gasteiger partial charge >= 0.3 is 5.97 Å². The molecule has 0 aliphatic carbocycles. The number of aromatic hydroxyl groups is 1. The van der Waals surface area contributed by atoms with Crippen LogP contribution in [0.3, 0.4) is 0 Å². The SMILES string of the molecule is CC(=O)OCCCCCCOc1ccc(O)cc1. The highest BCUT2D eigenvalue weighted by molar-refractivity contribution is 5.65. The van der Waals surface area contributed by atoms with Crippen molar-refractivity contribution in [1.82, 2.24) is 0 Å². The van der Waals surface area contributed by atoms with Gasteiger partial charge in [-0.2, -0.15) is 0 Å². The molecule has 100 valence electrons. The van der Waals surface area contributed by atoms with Gasteiger partial charge in [0, 0.05) is 6.92 Å². The van der Waals surface area contributed by atoms with Gasteiger partial charge < -0.3 is 14.6 Å². The van der Waals surface area contributed by atoms with Crippen molar-refractivity contribution in [2.24, 2.45) is 0 Å². The van der Waals surface area contributed by atoms with E-state index in [9.17, 15) is 4.79 Å². The lowest BCUT2D eigenvalue weighted by molar-refractivity contribution is -0.141. The first-order valence-electron chi connectivity index (χ1n) is 6.23. The molecule has 18 heavy (non-hydrogen) atoms. The van der Waals surface area contributed by atoms with Crippen LogP contribution in [0.25, 0.3) is 0 Å². The third-order valence-electron chi connectivity index (χ3n) is 2.45. The Balaban J connectivity index is 1.95. The van der Waals surface area contributed by atoms with Crippen LogP contribution >= 0.6 is 0 Å². The maximum absolute atomic E-state index is 10.5. The Morgan fingerprint density at radius 3 is 2.28 bits per heavy atom. The molecule has 1 aromatic rings. The topological polar surface area (TPSA) is 55.8 Å². The number of phenolic OH excluding ortho intramolecular Hbond substituents is 1. The standard InChI is InChI=1S/C14H20O4/c1-12(15)17-10-4-2-3-5-11-18-14-8-6-13(16)7-9-14/h6-9,16H,2-5,10-11H2,1H3.